The molecule has 0 fully saturated rings. The number of carboxylic acids is 1. The smallest absolute Gasteiger partial charge is 0.327 e. The van der Waals surface area contributed by atoms with Gasteiger partial charge in [-0.15, -0.1) is 0 Å². The third-order valence-electron chi connectivity index (χ3n) is 2.19. The number of carboxylic acid groups (broad SMARTS) is 1. The number of aliphatic hydroxyl groups excluding tert-OH is 2. The third kappa shape index (κ3) is 11.6. The summed E-state index contributed by atoms with van der Waals surface area (Å²) >= 11 is 0. The van der Waals surface area contributed by atoms with Crippen LogP contribution in [0, 0.1) is 0 Å². The molecule has 0 bridgehead atoms. The summed E-state index contributed by atoms with van der Waals surface area (Å²) in [6, 6.07) is 9.28. The second kappa shape index (κ2) is 11.9. The second-order valence-corrected chi connectivity index (χ2v) is 4.15. The maximum Gasteiger partial charge on any atom is 0.327 e. The third-order valence-corrected chi connectivity index (χ3v) is 2.19. The van der Waals surface area contributed by atoms with Crippen LogP contribution in [0.2, 0.25) is 0 Å². The largest absolute Gasteiger partial charge is 0.491 e. The summed E-state index contributed by atoms with van der Waals surface area (Å²) in [6.07, 6.45) is -0.111. The molecular formula is C15H22O6. The topological polar surface area (TPSA) is 96.2 Å². The van der Waals surface area contributed by atoms with Crippen molar-refractivity contribution in [1.29, 1.82) is 0 Å². The Morgan fingerprint density at radius 1 is 1.33 bits per heavy atom. The lowest BCUT2D eigenvalue weighted by molar-refractivity contribution is -0.131. The van der Waals surface area contributed by atoms with Gasteiger partial charge in [0, 0.05) is 6.08 Å². The molecule has 0 amide bonds. The number of hydrogen-bond acceptors (Lipinski definition) is 5. The Bertz CT molecular complexity index is 392. The summed E-state index contributed by atoms with van der Waals surface area (Å²) in [7, 11) is 0. The highest BCUT2D eigenvalue weighted by Gasteiger charge is 2.08. The molecule has 0 aromatic heterocycles. The molecule has 6 nitrogen and oxygen atoms in total. The fourth-order valence-corrected chi connectivity index (χ4v) is 1.09. The molecule has 0 saturated carbocycles. The molecule has 0 aliphatic carbocycles. The molecular weight excluding hydrogens is 276 g/mol. The molecule has 1 aromatic carbocycles. The predicted octanol–water partition coefficient (Wildman–Crippen LogP) is 1.08. The molecule has 1 rings (SSSR count). The van der Waals surface area contributed by atoms with Gasteiger partial charge in [-0.25, -0.2) is 4.79 Å². The second-order valence-electron chi connectivity index (χ2n) is 4.15. The van der Waals surface area contributed by atoms with Crippen LogP contribution in [0.4, 0.5) is 0 Å². The van der Waals surface area contributed by atoms with Gasteiger partial charge in [0.15, 0.2) is 0 Å². The zero-order chi connectivity index (χ0) is 16.1. The van der Waals surface area contributed by atoms with Crippen LogP contribution in [0.15, 0.2) is 43.0 Å². The number of aliphatic hydroxyl groups is 2. The van der Waals surface area contributed by atoms with Gasteiger partial charge in [0.2, 0.25) is 0 Å². The van der Waals surface area contributed by atoms with E-state index >= 15 is 0 Å². The number of ether oxygens (including phenoxy) is 2. The molecule has 118 valence electrons. The Hall–Kier alpha value is -1.89. The van der Waals surface area contributed by atoms with Crippen LogP contribution in [-0.2, 0) is 9.53 Å². The molecule has 0 heterocycles. The summed E-state index contributed by atoms with van der Waals surface area (Å²) in [4.78, 5) is 9.25. The Morgan fingerprint density at radius 2 is 1.90 bits per heavy atom. The van der Waals surface area contributed by atoms with Gasteiger partial charge >= 0.3 is 5.97 Å². The van der Waals surface area contributed by atoms with Crippen molar-refractivity contribution in [3.8, 4) is 5.75 Å². The number of aliphatic carboxylic acids is 1. The van der Waals surface area contributed by atoms with Gasteiger partial charge in [-0.1, -0.05) is 24.8 Å². The normalized spacial score (nSPS) is 12.5. The van der Waals surface area contributed by atoms with Crippen molar-refractivity contribution in [1.82, 2.24) is 0 Å². The quantitative estimate of drug-likeness (QED) is 0.622. The lowest BCUT2D eigenvalue weighted by Crippen LogP contribution is -2.27. The molecule has 0 aliphatic rings. The first kappa shape index (κ1) is 19.1. The van der Waals surface area contributed by atoms with Crippen LogP contribution in [0.1, 0.15) is 6.92 Å². The van der Waals surface area contributed by atoms with Crippen molar-refractivity contribution in [2.45, 2.75) is 19.1 Å². The molecule has 21 heavy (non-hydrogen) atoms. The van der Waals surface area contributed by atoms with Gasteiger partial charge in [0.1, 0.15) is 18.5 Å². The minimum absolute atomic E-state index is 0.0493. The summed E-state index contributed by atoms with van der Waals surface area (Å²) in [5.41, 5.74) is 0. The van der Waals surface area contributed by atoms with Gasteiger partial charge in [-0.05, 0) is 19.1 Å². The standard InChI is InChI=1S/C12H18O4.C3H4O2/c1-10(7-13)15-8-11(14)9-16-12-5-3-2-4-6-12;1-2-3(4)5/h2-6,10-11,13-14H,7-9H2,1H3;2H,1H2,(H,4,5). The minimum Gasteiger partial charge on any atom is -0.491 e. The van der Waals surface area contributed by atoms with Gasteiger partial charge in [-0.3, -0.25) is 0 Å². The Balaban J connectivity index is 0.000000690. The van der Waals surface area contributed by atoms with Crippen molar-refractivity contribution in [2.75, 3.05) is 19.8 Å². The molecule has 2 atom stereocenters. The highest BCUT2D eigenvalue weighted by atomic mass is 16.5. The van der Waals surface area contributed by atoms with E-state index in [4.69, 9.17) is 19.7 Å². The highest BCUT2D eigenvalue weighted by molar-refractivity contribution is 5.78. The van der Waals surface area contributed by atoms with E-state index in [0.717, 1.165) is 11.8 Å². The van der Waals surface area contributed by atoms with Crippen LogP contribution in [0.25, 0.3) is 0 Å². The Labute approximate surface area is 124 Å². The maximum atomic E-state index is 9.52. The van der Waals surface area contributed by atoms with E-state index in [1.807, 2.05) is 30.3 Å². The van der Waals surface area contributed by atoms with Crippen molar-refractivity contribution in [3.05, 3.63) is 43.0 Å². The van der Waals surface area contributed by atoms with Crippen LogP contribution in [0.5, 0.6) is 5.75 Å². The van der Waals surface area contributed by atoms with Crippen molar-refractivity contribution in [3.63, 3.8) is 0 Å². The van der Waals surface area contributed by atoms with Crippen LogP contribution in [-0.4, -0.2) is 53.3 Å². The zero-order valence-corrected chi connectivity index (χ0v) is 12.0. The number of benzene rings is 1. The molecule has 0 spiro atoms. The Morgan fingerprint density at radius 3 is 2.38 bits per heavy atom. The van der Waals surface area contributed by atoms with E-state index in [1.165, 1.54) is 0 Å². The van der Waals surface area contributed by atoms with Crippen LogP contribution in [0.3, 0.4) is 0 Å². The molecule has 1 aromatic rings. The van der Waals surface area contributed by atoms with E-state index in [2.05, 4.69) is 6.58 Å². The number of hydrogen-bond donors (Lipinski definition) is 3. The first-order valence-electron chi connectivity index (χ1n) is 6.43. The highest BCUT2D eigenvalue weighted by Crippen LogP contribution is 2.08. The van der Waals surface area contributed by atoms with Crippen molar-refractivity contribution < 1.29 is 29.6 Å². The zero-order valence-electron chi connectivity index (χ0n) is 12.0. The van der Waals surface area contributed by atoms with Gasteiger partial charge in [0.25, 0.3) is 0 Å². The lowest BCUT2D eigenvalue weighted by Gasteiger charge is -2.15. The van der Waals surface area contributed by atoms with Gasteiger partial charge in [-0.2, -0.15) is 0 Å². The van der Waals surface area contributed by atoms with Gasteiger partial charge < -0.3 is 24.8 Å². The molecule has 6 heteroatoms. The summed E-state index contributed by atoms with van der Waals surface area (Å²) in [6.45, 7) is 5.00. The number of para-hydroxylation sites is 1. The number of carbonyl (C=O) groups is 1. The SMILES string of the molecule is C=CC(=O)O.CC(CO)OCC(O)COc1ccccc1. The van der Waals surface area contributed by atoms with E-state index in [9.17, 15) is 9.90 Å². The van der Waals surface area contributed by atoms with Crippen LogP contribution < -0.4 is 4.74 Å². The first-order chi connectivity index (χ1) is 9.99. The summed E-state index contributed by atoms with van der Waals surface area (Å²) < 4.78 is 10.5. The number of rotatable bonds is 8. The Kier molecular flexibility index (Phi) is 10.8. The van der Waals surface area contributed by atoms with E-state index in [1.54, 1.807) is 6.92 Å². The average molecular weight is 298 g/mol. The van der Waals surface area contributed by atoms with Crippen molar-refractivity contribution >= 4 is 5.97 Å². The molecule has 0 saturated heterocycles. The van der Waals surface area contributed by atoms with E-state index in [0.29, 0.717) is 0 Å². The van der Waals surface area contributed by atoms with E-state index < -0.39 is 12.1 Å². The van der Waals surface area contributed by atoms with Crippen molar-refractivity contribution in [2.24, 2.45) is 0 Å². The molecule has 0 radical (unpaired) electrons. The fourth-order valence-electron chi connectivity index (χ4n) is 1.09. The predicted molar refractivity (Wildman–Crippen MR) is 78.3 cm³/mol. The van der Waals surface area contributed by atoms with Crippen LogP contribution >= 0.6 is 0 Å². The maximum absolute atomic E-state index is 9.52. The minimum atomic E-state index is -0.981. The first-order valence-corrected chi connectivity index (χ1v) is 6.43. The van der Waals surface area contributed by atoms with E-state index in [-0.39, 0.29) is 25.9 Å². The summed E-state index contributed by atoms with van der Waals surface area (Å²) in [5.74, 6) is -0.262. The molecule has 0 aliphatic heterocycles. The monoisotopic (exact) mass is 298 g/mol. The van der Waals surface area contributed by atoms with Gasteiger partial charge in [0.05, 0.1) is 19.3 Å². The summed E-state index contributed by atoms with van der Waals surface area (Å²) in [5, 5.41) is 25.8. The lowest BCUT2D eigenvalue weighted by atomic mass is 10.3. The molecule has 2 unspecified atom stereocenters. The average Bonchev–Trinajstić information content (AvgIpc) is 2.52. The fraction of sp³-hybridized carbons (Fsp3) is 0.400. The molecule has 3 N–H and O–H groups in total.